The van der Waals surface area contributed by atoms with Crippen LogP contribution in [0, 0.1) is 28.1 Å². The van der Waals surface area contributed by atoms with Gasteiger partial charge in [-0.1, -0.05) is 49.4 Å². The molecule has 5 rings (SSSR count). The van der Waals surface area contributed by atoms with Crippen LogP contribution < -0.4 is 0 Å². The van der Waals surface area contributed by atoms with Gasteiger partial charge in [0.15, 0.2) is 0 Å². The lowest BCUT2D eigenvalue weighted by molar-refractivity contribution is -0.276. The topological polar surface area (TPSA) is 83.8 Å². The Bertz CT molecular complexity index is 1050. The van der Waals surface area contributed by atoms with Crippen molar-refractivity contribution in [3.05, 3.63) is 54.1 Å². The first-order valence-electron chi connectivity index (χ1n) is 12.6. The third-order valence-corrected chi connectivity index (χ3v) is 10.4. The lowest BCUT2D eigenvalue weighted by Crippen LogP contribution is -2.71. The number of hydrogen-bond donors (Lipinski definition) is 2. The van der Waals surface area contributed by atoms with Crippen LogP contribution in [0.3, 0.4) is 0 Å². The predicted octanol–water partition coefficient (Wildman–Crippen LogP) is 5.39. The number of fused-ring (bicyclic) bond motifs is 3. The zero-order chi connectivity index (χ0) is 24.4. The smallest absolute Gasteiger partial charge is 0.331 e. The van der Waals surface area contributed by atoms with Gasteiger partial charge in [-0.25, -0.2) is 4.79 Å². The summed E-state index contributed by atoms with van der Waals surface area (Å²) in [5.41, 5.74) is -0.779. The van der Waals surface area contributed by atoms with E-state index in [1.807, 2.05) is 30.3 Å². The summed E-state index contributed by atoms with van der Waals surface area (Å²) in [6.07, 6.45) is 8.37. The Morgan fingerprint density at radius 1 is 1.09 bits per heavy atom. The van der Waals surface area contributed by atoms with E-state index >= 15 is 0 Å². The van der Waals surface area contributed by atoms with Gasteiger partial charge in [-0.3, -0.25) is 4.79 Å². The maximum Gasteiger partial charge on any atom is 0.331 e. The number of carboxylic acid groups (broad SMARTS) is 1. The fourth-order valence-corrected chi connectivity index (χ4v) is 8.53. The monoisotopic (exact) mass is 464 g/mol. The molecule has 1 aromatic rings. The number of allylic oxidation sites excluding steroid dienone is 1. The largest absolute Gasteiger partial charge is 0.481 e. The Kier molecular flexibility index (Phi) is 5.36. The van der Waals surface area contributed by atoms with E-state index in [9.17, 15) is 19.8 Å². The number of benzene rings is 1. The number of hydrogen-bond acceptors (Lipinski definition) is 4. The van der Waals surface area contributed by atoms with Gasteiger partial charge in [0.2, 0.25) is 0 Å². The van der Waals surface area contributed by atoms with Crippen LogP contribution in [-0.4, -0.2) is 33.9 Å². The van der Waals surface area contributed by atoms with Gasteiger partial charge in [-0.05, 0) is 81.8 Å². The number of ether oxygens (including phenoxy) is 1. The third kappa shape index (κ3) is 3.08. The number of carbonyl (C=O) groups excluding carboxylic acids is 1. The number of carbonyl (C=O) groups is 2. The molecule has 0 amide bonds. The fraction of sp³-hybridized carbons (Fsp3) is 0.586. The summed E-state index contributed by atoms with van der Waals surface area (Å²) in [5.74, 6) is -1.26. The maximum absolute atomic E-state index is 12.8. The van der Waals surface area contributed by atoms with Crippen LogP contribution in [-0.2, 0) is 14.3 Å². The van der Waals surface area contributed by atoms with Gasteiger partial charge in [-0.2, -0.15) is 0 Å². The van der Waals surface area contributed by atoms with Gasteiger partial charge in [-0.15, -0.1) is 0 Å². The highest BCUT2D eigenvalue weighted by molar-refractivity contribution is 5.87. The van der Waals surface area contributed by atoms with E-state index in [1.54, 1.807) is 13.0 Å². The van der Waals surface area contributed by atoms with E-state index in [0.29, 0.717) is 25.2 Å². The molecule has 5 heteroatoms. The Labute approximate surface area is 201 Å². The summed E-state index contributed by atoms with van der Waals surface area (Å²) in [6, 6.07) is 9.47. The van der Waals surface area contributed by atoms with Crippen molar-refractivity contribution >= 4 is 18.0 Å². The van der Waals surface area contributed by atoms with Crippen molar-refractivity contribution in [1.82, 2.24) is 0 Å². The van der Waals surface area contributed by atoms with Crippen LogP contribution >= 0.6 is 0 Å². The molecular weight excluding hydrogens is 428 g/mol. The maximum atomic E-state index is 12.8. The zero-order valence-electron chi connectivity index (χ0n) is 20.3. The number of aliphatic hydroxyl groups is 1. The Hall–Kier alpha value is -2.40. The lowest BCUT2D eigenvalue weighted by Gasteiger charge is -2.68. The normalized spacial score (nSPS) is 43.3. The molecule has 5 nitrogen and oxygen atoms in total. The van der Waals surface area contributed by atoms with E-state index in [1.165, 1.54) is 11.6 Å². The molecule has 34 heavy (non-hydrogen) atoms. The first-order chi connectivity index (χ1) is 16.1. The minimum atomic E-state index is -1.26. The van der Waals surface area contributed by atoms with Crippen molar-refractivity contribution in [2.45, 2.75) is 76.9 Å². The first-order valence-corrected chi connectivity index (χ1v) is 12.6. The van der Waals surface area contributed by atoms with E-state index in [-0.39, 0.29) is 11.3 Å². The Morgan fingerprint density at radius 3 is 2.53 bits per heavy atom. The molecule has 0 unspecified atom stereocenters. The van der Waals surface area contributed by atoms with Crippen LogP contribution in [0.25, 0.3) is 6.08 Å². The molecule has 182 valence electrons. The number of carboxylic acids is 1. The first kappa shape index (κ1) is 23.3. The molecule has 1 aromatic carbocycles. The summed E-state index contributed by atoms with van der Waals surface area (Å²) < 4.78 is 5.83. The van der Waals surface area contributed by atoms with Crippen molar-refractivity contribution in [3.63, 3.8) is 0 Å². The summed E-state index contributed by atoms with van der Waals surface area (Å²) in [6.45, 7) is 8.15. The summed E-state index contributed by atoms with van der Waals surface area (Å²) >= 11 is 0. The van der Waals surface area contributed by atoms with Crippen molar-refractivity contribution in [2.24, 2.45) is 28.1 Å². The van der Waals surface area contributed by atoms with Gasteiger partial charge in [0.1, 0.15) is 11.5 Å². The van der Waals surface area contributed by atoms with Crippen LogP contribution in [0.2, 0.25) is 0 Å². The number of aliphatic carboxylic acids is 1. The zero-order valence-corrected chi connectivity index (χ0v) is 20.3. The standard InChI is InChI=1S/C29H36O5/c1-19-17-28-15-12-22-26(2,29(28,33)16-11-21(19)18-28)14-13-23(27(22,3)25(31)32)34-24(30)10-9-20-7-5-4-6-8-20/h4-10,21-23,33H,1,11-18H2,2-3H3,(H,31,32)/t21-,22-,23+,26+,27-,28+,29+/m0/s1. The van der Waals surface area contributed by atoms with E-state index in [2.05, 4.69) is 13.5 Å². The third-order valence-electron chi connectivity index (χ3n) is 10.4. The van der Waals surface area contributed by atoms with Crippen LogP contribution in [0.5, 0.6) is 0 Å². The van der Waals surface area contributed by atoms with Gasteiger partial charge < -0.3 is 14.9 Å². The molecular formula is C29H36O5. The number of rotatable bonds is 4. The summed E-state index contributed by atoms with van der Waals surface area (Å²) in [4.78, 5) is 25.5. The molecule has 7 atom stereocenters. The van der Waals surface area contributed by atoms with Crippen molar-refractivity contribution in [2.75, 3.05) is 0 Å². The average Bonchev–Trinajstić information content (AvgIpc) is 3.08. The second kappa shape index (κ2) is 7.81. The molecule has 2 bridgehead atoms. The Morgan fingerprint density at radius 2 is 1.82 bits per heavy atom. The molecule has 4 fully saturated rings. The summed E-state index contributed by atoms with van der Waals surface area (Å²) in [5, 5.41) is 22.9. The van der Waals surface area contributed by atoms with Gasteiger partial charge >= 0.3 is 11.9 Å². The molecule has 4 aliphatic carbocycles. The molecule has 1 spiro atoms. The van der Waals surface area contributed by atoms with Crippen molar-refractivity contribution < 1.29 is 24.5 Å². The highest BCUT2D eigenvalue weighted by atomic mass is 16.5. The van der Waals surface area contributed by atoms with Crippen LogP contribution in [0.1, 0.15) is 70.8 Å². The Balaban J connectivity index is 1.43. The molecule has 0 aliphatic heterocycles. The minimum Gasteiger partial charge on any atom is -0.481 e. The molecule has 4 saturated carbocycles. The van der Waals surface area contributed by atoms with Gasteiger partial charge in [0.25, 0.3) is 0 Å². The second-order valence-corrected chi connectivity index (χ2v) is 11.7. The van der Waals surface area contributed by atoms with Crippen molar-refractivity contribution in [1.29, 1.82) is 0 Å². The fourth-order valence-electron chi connectivity index (χ4n) is 8.53. The van der Waals surface area contributed by atoms with Gasteiger partial charge in [0.05, 0.1) is 5.60 Å². The van der Waals surface area contributed by atoms with Crippen molar-refractivity contribution in [3.8, 4) is 0 Å². The quantitative estimate of drug-likeness (QED) is 0.355. The van der Waals surface area contributed by atoms with E-state index < -0.39 is 34.5 Å². The highest BCUT2D eigenvalue weighted by Gasteiger charge is 2.74. The van der Waals surface area contributed by atoms with Crippen LogP contribution in [0.4, 0.5) is 0 Å². The van der Waals surface area contributed by atoms with Crippen LogP contribution in [0.15, 0.2) is 48.6 Å². The molecule has 0 heterocycles. The SMILES string of the molecule is C=C1C[C@@]23CC[C@@H]4[C@](C)(C(=O)O)[C@H](OC(=O)C=Cc5ccccc5)CC[C@@]4(C)[C@]2(O)CC[C@H]1C3. The molecule has 2 N–H and O–H groups in total. The van der Waals surface area contributed by atoms with E-state index in [4.69, 9.17) is 4.74 Å². The highest BCUT2D eigenvalue weighted by Crippen LogP contribution is 2.74. The lowest BCUT2D eigenvalue weighted by atomic mass is 9.38. The minimum absolute atomic E-state index is 0.195. The average molecular weight is 465 g/mol. The van der Waals surface area contributed by atoms with E-state index in [0.717, 1.165) is 37.7 Å². The van der Waals surface area contributed by atoms with Gasteiger partial charge in [0, 0.05) is 16.9 Å². The molecule has 4 aliphatic rings. The molecule has 0 radical (unpaired) electrons. The second-order valence-electron chi connectivity index (χ2n) is 11.7. The number of esters is 1. The molecule has 0 aromatic heterocycles. The summed E-state index contributed by atoms with van der Waals surface area (Å²) in [7, 11) is 0. The predicted molar refractivity (Wildman–Crippen MR) is 130 cm³/mol. The molecule has 0 saturated heterocycles.